The molecule has 1 saturated heterocycles. The average molecular weight is 371 g/mol. The number of rotatable bonds is 6. The Labute approximate surface area is 144 Å². The van der Waals surface area contributed by atoms with Crippen molar-refractivity contribution in [3.63, 3.8) is 0 Å². The molecular formula is C14H18N3O7P. The standard InChI is InChI=1S/C14H18N3O7P/c1-22-25(21,23-2)16-13(19)17-8-11(12(17)18)15-14(20)24-9-10-6-4-3-5-7-10/h3-7,11H,8-9H2,1-2H3,(H,15,20)(H,16,19,21)/t11-/m0/s1. The predicted octanol–water partition coefficient (Wildman–Crippen LogP) is 1.23. The van der Waals surface area contributed by atoms with Crippen LogP contribution >= 0.6 is 7.75 Å². The highest BCUT2D eigenvalue weighted by molar-refractivity contribution is 7.52. The molecule has 0 aromatic heterocycles. The second-order valence-electron chi connectivity index (χ2n) is 4.99. The Balaban J connectivity index is 1.77. The lowest BCUT2D eigenvalue weighted by atomic mass is 10.1. The Bertz CT molecular complexity index is 689. The zero-order valence-electron chi connectivity index (χ0n) is 13.6. The highest BCUT2D eigenvalue weighted by Crippen LogP contribution is 2.41. The fourth-order valence-corrected chi connectivity index (χ4v) is 2.65. The van der Waals surface area contributed by atoms with E-state index in [2.05, 4.69) is 14.4 Å². The van der Waals surface area contributed by atoms with Gasteiger partial charge in [-0.1, -0.05) is 30.3 Å². The van der Waals surface area contributed by atoms with Crippen molar-refractivity contribution in [2.24, 2.45) is 0 Å². The molecule has 0 bridgehead atoms. The average Bonchev–Trinajstić information content (AvgIpc) is 2.63. The van der Waals surface area contributed by atoms with Crippen molar-refractivity contribution in [1.82, 2.24) is 15.3 Å². The topological polar surface area (TPSA) is 123 Å². The lowest BCUT2D eigenvalue weighted by molar-refractivity contribution is -0.139. The number of ether oxygens (including phenoxy) is 1. The Morgan fingerprint density at radius 2 is 1.88 bits per heavy atom. The van der Waals surface area contributed by atoms with E-state index in [1.54, 1.807) is 24.3 Å². The van der Waals surface area contributed by atoms with Gasteiger partial charge in [-0.05, 0) is 5.56 Å². The lowest BCUT2D eigenvalue weighted by Crippen LogP contribution is -2.66. The Hall–Kier alpha value is -2.42. The van der Waals surface area contributed by atoms with E-state index < -0.39 is 31.8 Å². The molecule has 1 aliphatic rings. The number of carbonyl (C=O) groups is 3. The molecule has 2 rings (SSSR count). The molecule has 1 aromatic carbocycles. The van der Waals surface area contributed by atoms with E-state index in [0.29, 0.717) is 0 Å². The van der Waals surface area contributed by atoms with Gasteiger partial charge in [0, 0.05) is 14.2 Å². The SMILES string of the molecule is COP(=O)(NC(=O)N1C[C@H](NC(=O)OCc2ccccc2)C1=O)OC. The van der Waals surface area contributed by atoms with Crippen LogP contribution in [0.25, 0.3) is 0 Å². The van der Waals surface area contributed by atoms with Gasteiger partial charge in [0.2, 0.25) is 0 Å². The van der Waals surface area contributed by atoms with Crippen LogP contribution in [-0.4, -0.2) is 49.7 Å². The van der Waals surface area contributed by atoms with E-state index in [-0.39, 0.29) is 13.2 Å². The molecule has 136 valence electrons. The van der Waals surface area contributed by atoms with Crippen LogP contribution in [0.4, 0.5) is 9.59 Å². The minimum atomic E-state index is -3.79. The summed E-state index contributed by atoms with van der Waals surface area (Å²) < 4.78 is 25.9. The van der Waals surface area contributed by atoms with Crippen molar-refractivity contribution in [3.05, 3.63) is 35.9 Å². The van der Waals surface area contributed by atoms with E-state index in [0.717, 1.165) is 24.7 Å². The first-order valence-corrected chi connectivity index (χ1v) is 8.75. The highest BCUT2D eigenvalue weighted by Gasteiger charge is 2.44. The third-order valence-corrected chi connectivity index (χ3v) is 4.82. The number of benzene rings is 1. The number of amides is 4. The fraction of sp³-hybridized carbons (Fsp3) is 0.357. The number of likely N-dealkylation sites (tertiary alicyclic amines) is 1. The molecule has 1 heterocycles. The molecule has 0 saturated carbocycles. The van der Waals surface area contributed by atoms with Crippen molar-refractivity contribution in [3.8, 4) is 0 Å². The smallest absolute Gasteiger partial charge is 0.435 e. The Morgan fingerprint density at radius 3 is 2.44 bits per heavy atom. The predicted molar refractivity (Wildman–Crippen MR) is 85.4 cm³/mol. The van der Waals surface area contributed by atoms with Crippen LogP contribution in [0.2, 0.25) is 0 Å². The summed E-state index contributed by atoms with van der Waals surface area (Å²) in [7, 11) is -1.61. The van der Waals surface area contributed by atoms with Gasteiger partial charge in [-0.2, -0.15) is 0 Å². The van der Waals surface area contributed by atoms with Crippen LogP contribution in [-0.2, 0) is 29.8 Å². The number of hydrogen-bond donors (Lipinski definition) is 2. The summed E-state index contributed by atoms with van der Waals surface area (Å²) in [5, 5.41) is 4.33. The van der Waals surface area contributed by atoms with Crippen LogP contribution in [0.5, 0.6) is 0 Å². The third-order valence-electron chi connectivity index (χ3n) is 3.39. The Kier molecular flexibility index (Phi) is 6.13. The number of β-lactam (4-membered cyclic amide) rings is 1. The minimum Gasteiger partial charge on any atom is -0.445 e. The highest BCUT2D eigenvalue weighted by atomic mass is 31.2. The fourth-order valence-electron chi connectivity index (χ4n) is 1.97. The van der Waals surface area contributed by atoms with Gasteiger partial charge in [0.15, 0.2) is 0 Å². The molecule has 1 aromatic rings. The maximum absolute atomic E-state index is 11.9. The van der Waals surface area contributed by atoms with Gasteiger partial charge < -0.3 is 10.1 Å². The normalized spacial score (nSPS) is 16.8. The molecule has 25 heavy (non-hydrogen) atoms. The van der Waals surface area contributed by atoms with Gasteiger partial charge >= 0.3 is 19.9 Å². The van der Waals surface area contributed by atoms with Crippen LogP contribution < -0.4 is 10.4 Å². The first-order chi connectivity index (χ1) is 11.9. The summed E-state index contributed by atoms with van der Waals surface area (Å²) >= 11 is 0. The number of nitrogens with zero attached hydrogens (tertiary/aromatic N) is 1. The molecular weight excluding hydrogens is 353 g/mol. The molecule has 11 heteroatoms. The molecule has 0 radical (unpaired) electrons. The van der Waals surface area contributed by atoms with E-state index in [1.807, 2.05) is 11.2 Å². The zero-order valence-corrected chi connectivity index (χ0v) is 14.5. The summed E-state index contributed by atoms with van der Waals surface area (Å²) in [5.41, 5.74) is 0.800. The van der Waals surface area contributed by atoms with Gasteiger partial charge in [-0.15, -0.1) is 0 Å². The van der Waals surface area contributed by atoms with Crippen LogP contribution in [0.3, 0.4) is 0 Å². The summed E-state index contributed by atoms with van der Waals surface area (Å²) in [6.07, 6.45) is -0.776. The molecule has 1 aliphatic heterocycles. The van der Waals surface area contributed by atoms with Gasteiger partial charge in [0.1, 0.15) is 12.6 Å². The van der Waals surface area contributed by atoms with Crippen molar-refractivity contribution < 1.29 is 32.7 Å². The van der Waals surface area contributed by atoms with Gasteiger partial charge in [0.25, 0.3) is 5.91 Å². The molecule has 4 amide bonds. The lowest BCUT2D eigenvalue weighted by Gasteiger charge is -2.36. The molecule has 10 nitrogen and oxygen atoms in total. The molecule has 0 aliphatic carbocycles. The van der Waals surface area contributed by atoms with E-state index in [9.17, 15) is 18.9 Å². The van der Waals surface area contributed by atoms with Crippen LogP contribution in [0, 0.1) is 0 Å². The summed E-state index contributed by atoms with van der Waals surface area (Å²) in [6.45, 7) is -0.0266. The van der Waals surface area contributed by atoms with Crippen LogP contribution in [0.15, 0.2) is 30.3 Å². The zero-order chi connectivity index (χ0) is 18.4. The van der Waals surface area contributed by atoms with E-state index in [4.69, 9.17) is 4.74 Å². The van der Waals surface area contributed by atoms with Crippen molar-refractivity contribution in [2.75, 3.05) is 20.8 Å². The van der Waals surface area contributed by atoms with Gasteiger partial charge in [0.05, 0.1) is 6.54 Å². The number of carbonyl (C=O) groups excluding carboxylic acids is 3. The summed E-state index contributed by atoms with van der Waals surface area (Å²) in [5.74, 6) is -0.659. The summed E-state index contributed by atoms with van der Waals surface area (Å²) in [4.78, 5) is 36.2. The molecule has 0 unspecified atom stereocenters. The van der Waals surface area contributed by atoms with Crippen molar-refractivity contribution >= 4 is 25.8 Å². The number of hydrogen-bond acceptors (Lipinski definition) is 7. The first kappa shape index (κ1) is 18.9. The monoisotopic (exact) mass is 371 g/mol. The first-order valence-electron chi connectivity index (χ1n) is 7.21. The molecule has 0 spiro atoms. The van der Waals surface area contributed by atoms with Crippen molar-refractivity contribution in [1.29, 1.82) is 0 Å². The van der Waals surface area contributed by atoms with Gasteiger partial charge in [-0.3, -0.25) is 18.7 Å². The number of urea groups is 1. The minimum absolute atomic E-state index is 0.0582. The largest absolute Gasteiger partial charge is 0.445 e. The van der Waals surface area contributed by atoms with Crippen molar-refractivity contribution in [2.45, 2.75) is 12.6 Å². The molecule has 1 atom stereocenters. The second-order valence-corrected chi connectivity index (χ2v) is 6.94. The molecule has 1 fully saturated rings. The number of alkyl carbamates (subject to hydrolysis) is 1. The third kappa shape index (κ3) is 4.79. The number of nitrogens with one attached hydrogen (secondary N) is 2. The van der Waals surface area contributed by atoms with Gasteiger partial charge in [-0.25, -0.2) is 19.2 Å². The maximum atomic E-state index is 11.9. The quantitative estimate of drug-likeness (QED) is 0.569. The number of imide groups is 1. The second kappa shape index (κ2) is 8.11. The van der Waals surface area contributed by atoms with E-state index in [1.165, 1.54) is 0 Å². The Morgan fingerprint density at radius 1 is 1.24 bits per heavy atom. The molecule has 2 N–H and O–H groups in total. The maximum Gasteiger partial charge on any atom is 0.435 e. The van der Waals surface area contributed by atoms with E-state index >= 15 is 0 Å². The van der Waals surface area contributed by atoms with Crippen LogP contribution in [0.1, 0.15) is 5.56 Å². The summed E-state index contributed by atoms with van der Waals surface area (Å²) in [6, 6.07) is 7.20.